The Labute approximate surface area is 87.2 Å². The van der Waals surface area contributed by atoms with Gasteiger partial charge in [-0.2, -0.15) is 0 Å². The smallest absolute Gasteiger partial charge is 0.0701 e. The summed E-state index contributed by atoms with van der Waals surface area (Å²) in [6.07, 6.45) is 0. The van der Waals surface area contributed by atoms with Gasteiger partial charge in [0.15, 0.2) is 0 Å². The Kier molecular flexibility index (Phi) is 12.7. The highest BCUT2D eigenvalue weighted by Gasteiger charge is 1.97. The monoisotopic (exact) mass is 208 g/mol. The second-order valence-electron chi connectivity index (χ2n) is 3.77. The van der Waals surface area contributed by atoms with Gasteiger partial charge in [0.2, 0.25) is 0 Å². The number of hydrogen-bond acceptors (Lipinski definition) is 4. The maximum absolute atomic E-state index is 8.52. The first kappa shape index (κ1) is 16.3. The Balaban J connectivity index is 0. The minimum absolute atomic E-state index is 0.500. The van der Waals surface area contributed by atoms with E-state index in [4.69, 9.17) is 19.3 Å². The van der Waals surface area contributed by atoms with Crippen LogP contribution in [0.1, 0.15) is 20.8 Å². The van der Waals surface area contributed by atoms with Crippen molar-refractivity contribution < 1.29 is 19.3 Å². The Hall–Kier alpha value is -0.160. The lowest BCUT2D eigenvalue weighted by atomic mass is 10.2. The molecule has 88 valence electrons. The van der Waals surface area contributed by atoms with Crippen molar-refractivity contribution in [3.63, 3.8) is 0 Å². The average molecular weight is 208 g/mol. The van der Waals surface area contributed by atoms with Gasteiger partial charge in [0.1, 0.15) is 0 Å². The standard InChI is InChI=1S/C6H14O3.C4H10O/c1-7-3-5-9-6-4-8-2;1-4(2,3)5/h3-6H2,1-2H3;5H,1-3H3. The number of rotatable bonds is 6. The molecule has 1 N–H and O–H groups in total. The van der Waals surface area contributed by atoms with E-state index in [2.05, 4.69) is 0 Å². The lowest BCUT2D eigenvalue weighted by molar-refractivity contribution is 0.0385. The first-order valence-corrected chi connectivity index (χ1v) is 4.69. The number of ether oxygens (including phenoxy) is 3. The predicted molar refractivity (Wildman–Crippen MR) is 56.5 cm³/mol. The summed E-state index contributed by atoms with van der Waals surface area (Å²) in [4.78, 5) is 0. The second kappa shape index (κ2) is 10.9. The van der Waals surface area contributed by atoms with Crippen LogP contribution in [0, 0.1) is 0 Å². The fraction of sp³-hybridized carbons (Fsp3) is 1.00. The molecular weight excluding hydrogens is 184 g/mol. The molecule has 0 aliphatic carbocycles. The second-order valence-corrected chi connectivity index (χ2v) is 3.77. The van der Waals surface area contributed by atoms with Crippen molar-refractivity contribution >= 4 is 0 Å². The third-order valence-electron chi connectivity index (χ3n) is 0.864. The molecule has 0 fully saturated rings. The molecule has 0 aromatic heterocycles. The van der Waals surface area contributed by atoms with Gasteiger partial charge in [-0.1, -0.05) is 0 Å². The zero-order valence-electron chi connectivity index (χ0n) is 10.0. The minimum atomic E-state index is -0.500. The quantitative estimate of drug-likeness (QED) is 0.663. The van der Waals surface area contributed by atoms with E-state index in [1.54, 1.807) is 35.0 Å². The molecule has 0 aromatic rings. The summed E-state index contributed by atoms with van der Waals surface area (Å²) in [5.41, 5.74) is -0.500. The number of methoxy groups -OCH3 is 2. The minimum Gasteiger partial charge on any atom is -0.391 e. The third-order valence-corrected chi connectivity index (χ3v) is 0.864. The van der Waals surface area contributed by atoms with E-state index in [0.717, 1.165) is 0 Å². The molecule has 4 nitrogen and oxygen atoms in total. The van der Waals surface area contributed by atoms with E-state index in [9.17, 15) is 0 Å². The molecule has 0 bridgehead atoms. The fourth-order valence-corrected chi connectivity index (χ4v) is 0.387. The SMILES string of the molecule is CC(C)(C)O.COCCOCCOC. The zero-order chi connectivity index (χ0) is 11.4. The van der Waals surface area contributed by atoms with Crippen LogP contribution in [-0.2, 0) is 14.2 Å². The van der Waals surface area contributed by atoms with Gasteiger partial charge in [-0.25, -0.2) is 0 Å². The van der Waals surface area contributed by atoms with Crippen molar-refractivity contribution in [2.45, 2.75) is 26.4 Å². The third kappa shape index (κ3) is 40.8. The zero-order valence-corrected chi connectivity index (χ0v) is 10.0. The molecule has 0 aromatic carbocycles. The summed E-state index contributed by atoms with van der Waals surface area (Å²) in [5, 5.41) is 8.52. The van der Waals surface area contributed by atoms with Gasteiger partial charge >= 0.3 is 0 Å². The van der Waals surface area contributed by atoms with Crippen LogP contribution in [0.3, 0.4) is 0 Å². The van der Waals surface area contributed by atoms with Crippen LogP contribution in [0.5, 0.6) is 0 Å². The van der Waals surface area contributed by atoms with Gasteiger partial charge < -0.3 is 19.3 Å². The van der Waals surface area contributed by atoms with Crippen molar-refractivity contribution in [2.75, 3.05) is 40.6 Å². The van der Waals surface area contributed by atoms with E-state index in [1.807, 2.05) is 0 Å². The van der Waals surface area contributed by atoms with Crippen molar-refractivity contribution in [1.29, 1.82) is 0 Å². The molecule has 4 heteroatoms. The van der Waals surface area contributed by atoms with E-state index < -0.39 is 5.60 Å². The van der Waals surface area contributed by atoms with Crippen LogP contribution in [0.2, 0.25) is 0 Å². The molecule has 0 aliphatic heterocycles. The summed E-state index contributed by atoms with van der Waals surface area (Å²) >= 11 is 0. The predicted octanol–water partition coefficient (Wildman–Crippen LogP) is 1.07. The number of aliphatic hydroxyl groups is 1. The van der Waals surface area contributed by atoms with Gasteiger partial charge in [-0.15, -0.1) is 0 Å². The van der Waals surface area contributed by atoms with Crippen LogP contribution in [0.4, 0.5) is 0 Å². The fourth-order valence-electron chi connectivity index (χ4n) is 0.387. The van der Waals surface area contributed by atoms with Crippen molar-refractivity contribution in [1.82, 2.24) is 0 Å². The number of hydrogen-bond donors (Lipinski definition) is 1. The van der Waals surface area contributed by atoms with Crippen molar-refractivity contribution in [3.8, 4) is 0 Å². The highest BCUT2D eigenvalue weighted by molar-refractivity contribution is 4.50. The molecule has 14 heavy (non-hydrogen) atoms. The molecule has 0 amide bonds. The summed E-state index contributed by atoms with van der Waals surface area (Å²) in [6.45, 7) is 7.85. The summed E-state index contributed by atoms with van der Waals surface area (Å²) in [7, 11) is 3.30. The molecule has 0 heterocycles. The maximum Gasteiger partial charge on any atom is 0.0701 e. The maximum atomic E-state index is 8.52. The van der Waals surface area contributed by atoms with Crippen LogP contribution in [0.25, 0.3) is 0 Å². The van der Waals surface area contributed by atoms with Gasteiger partial charge in [-0.05, 0) is 20.8 Å². The molecule has 0 saturated heterocycles. The molecule has 0 spiro atoms. The molecule has 0 atom stereocenters. The molecule has 0 rings (SSSR count). The van der Waals surface area contributed by atoms with Crippen LogP contribution < -0.4 is 0 Å². The highest BCUT2D eigenvalue weighted by atomic mass is 16.5. The van der Waals surface area contributed by atoms with Gasteiger partial charge in [-0.3, -0.25) is 0 Å². The summed E-state index contributed by atoms with van der Waals surface area (Å²) in [6, 6.07) is 0. The van der Waals surface area contributed by atoms with Crippen molar-refractivity contribution in [2.24, 2.45) is 0 Å². The Morgan fingerprint density at radius 1 is 0.857 bits per heavy atom. The van der Waals surface area contributed by atoms with Gasteiger partial charge in [0.25, 0.3) is 0 Å². The summed E-state index contributed by atoms with van der Waals surface area (Å²) < 4.78 is 14.6. The summed E-state index contributed by atoms with van der Waals surface area (Å²) in [5.74, 6) is 0. The van der Waals surface area contributed by atoms with Gasteiger partial charge in [0.05, 0.1) is 32.0 Å². The average Bonchev–Trinajstić information content (AvgIpc) is 2.01. The molecule has 0 unspecified atom stereocenters. The van der Waals surface area contributed by atoms with E-state index in [0.29, 0.717) is 26.4 Å². The van der Waals surface area contributed by atoms with Crippen LogP contribution in [-0.4, -0.2) is 51.4 Å². The Bertz CT molecular complexity index is 86.8. The van der Waals surface area contributed by atoms with Crippen LogP contribution in [0.15, 0.2) is 0 Å². The normalized spacial score (nSPS) is 10.7. The Morgan fingerprint density at radius 2 is 1.14 bits per heavy atom. The highest BCUT2D eigenvalue weighted by Crippen LogP contribution is 1.93. The van der Waals surface area contributed by atoms with E-state index >= 15 is 0 Å². The first-order chi connectivity index (χ1) is 6.41. The van der Waals surface area contributed by atoms with Crippen LogP contribution >= 0.6 is 0 Å². The molecular formula is C10H24O4. The topological polar surface area (TPSA) is 47.9 Å². The lowest BCUT2D eigenvalue weighted by Gasteiger charge is -2.04. The van der Waals surface area contributed by atoms with E-state index in [1.165, 1.54) is 0 Å². The first-order valence-electron chi connectivity index (χ1n) is 4.69. The molecule has 0 aliphatic rings. The van der Waals surface area contributed by atoms with E-state index in [-0.39, 0.29) is 0 Å². The van der Waals surface area contributed by atoms with Crippen molar-refractivity contribution in [3.05, 3.63) is 0 Å². The molecule has 0 radical (unpaired) electrons. The Morgan fingerprint density at radius 3 is 1.36 bits per heavy atom. The molecule has 0 saturated carbocycles. The largest absolute Gasteiger partial charge is 0.391 e. The van der Waals surface area contributed by atoms with Gasteiger partial charge in [0, 0.05) is 14.2 Å². The lowest BCUT2D eigenvalue weighted by Crippen LogP contribution is -2.10.